The van der Waals surface area contributed by atoms with Crippen molar-refractivity contribution in [2.45, 2.75) is 6.61 Å². The van der Waals surface area contributed by atoms with Gasteiger partial charge in [0.05, 0.1) is 41.4 Å². The number of amides is 1. The first-order chi connectivity index (χ1) is 18.2. The summed E-state index contributed by atoms with van der Waals surface area (Å²) < 4.78 is 22.3. The lowest BCUT2D eigenvalue weighted by molar-refractivity contribution is -0.384. The molecule has 3 aromatic rings. The van der Waals surface area contributed by atoms with Gasteiger partial charge < -0.3 is 24.3 Å². The summed E-state index contributed by atoms with van der Waals surface area (Å²) in [4.78, 5) is 23.3. The highest BCUT2D eigenvalue weighted by Crippen LogP contribution is 2.38. The summed E-state index contributed by atoms with van der Waals surface area (Å²) in [6, 6.07) is 14.1. The molecule has 12 heteroatoms. The molecule has 0 saturated heterocycles. The Labute approximate surface area is 231 Å². The van der Waals surface area contributed by atoms with Crippen molar-refractivity contribution in [3.05, 3.63) is 84.8 Å². The van der Waals surface area contributed by atoms with E-state index in [1.54, 1.807) is 24.3 Å². The maximum atomic E-state index is 12.9. The van der Waals surface area contributed by atoms with Gasteiger partial charge in [-0.05, 0) is 57.4 Å². The maximum Gasteiger partial charge on any atom is 0.269 e. The molecule has 0 aromatic heterocycles. The number of benzene rings is 3. The number of ether oxygens (including phenoxy) is 4. The number of hydrogen-bond acceptors (Lipinski definition) is 8. The van der Waals surface area contributed by atoms with Gasteiger partial charge in [-0.1, -0.05) is 11.6 Å². The Morgan fingerprint density at radius 3 is 2.32 bits per heavy atom. The number of halogens is 2. The Morgan fingerprint density at radius 1 is 1.08 bits per heavy atom. The van der Waals surface area contributed by atoms with Crippen LogP contribution in [-0.2, 0) is 11.4 Å². The smallest absolute Gasteiger partial charge is 0.269 e. The fourth-order valence-corrected chi connectivity index (χ4v) is 4.10. The predicted octanol–water partition coefficient (Wildman–Crippen LogP) is 6.16. The number of methoxy groups -OCH3 is 3. The van der Waals surface area contributed by atoms with Gasteiger partial charge in [0.25, 0.3) is 11.6 Å². The van der Waals surface area contributed by atoms with Gasteiger partial charge in [0, 0.05) is 24.3 Å². The van der Waals surface area contributed by atoms with E-state index in [0.717, 1.165) is 0 Å². The predicted molar refractivity (Wildman–Crippen MR) is 145 cm³/mol. The van der Waals surface area contributed by atoms with E-state index in [1.807, 2.05) is 6.07 Å². The second kappa shape index (κ2) is 12.8. The van der Waals surface area contributed by atoms with Crippen LogP contribution in [-0.4, -0.2) is 32.2 Å². The van der Waals surface area contributed by atoms with Gasteiger partial charge in [-0.2, -0.15) is 5.26 Å². The van der Waals surface area contributed by atoms with E-state index in [0.29, 0.717) is 43.6 Å². The fraction of sp³-hybridized carbons (Fsp3) is 0.154. The van der Waals surface area contributed by atoms with Crippen LogP contribution >= 0.6 is 27.5 Å². The molecule has 0 spiro atoms. The molecule has 0 aliphatic rings. The highest BCUT2D eigenvalue weighted by atomic mass is 79.9. The van der Waals surface area contributed by atoms with Crippen LogP contribution in [0.25, 0.3) is 6.08 Å². The monoisotopic (exact) mass is 601 g/mol. The first-order valence-electron chi connectivity index (χ1n) is 10.8. The molecule has 0 bridgehead atoms. The van der Waals surface area contributed by atoms with Gasteiger partial charge in [-0.3, -0.25) is 14.9 Å². The number of carbonyl (C=O) groups excluding carboxylic acids is 1. The van der Waals surface area contributed by atoms with Crippen LogP contribution in [0, 0.1) is 21.4 Å². The molecule has 0 heterocycles. The maximum absolute atomic E-state index is 12.9. The first kappa shape index (κ1) is 28.3. The molecule has 0 radical (unpaired) electrons. The number of anilines is 1. The lowest BCUT2D eigenvalue weighted by Gasteiger charge is -2.14. The average Bonchev–Trinajstić information content (AvgIpc) is 2.91. The minimum Gasteiger partial charge on any atom is -0.495 e. The van der Waals surface area contributed by atoms with Gasteiger partial charge >= 0.3 is 0 Å². The number of nitro benzene ring substituents is 1. The number of carbonyl (C=O) groups is 1. The largest absolute Gasteiger partial charge is 0.495 e. The molecule has 0 fully saturated rings. The highest BCUT2D eigenvalue weighted by Gasteiger charge is 2.17. The van der Waals surface area contributed by atoms with Crippen LogP contribution < -0.4 is 24.3 Å². The van der Waals surface area contributed by atoms with Crippen molar-refractivity contribution in [2.24, 2.45) is 0 Å². The zero-order chi connectivity index (χ0) is 27.8. The topological polar surface area (TPSA) is 133 Å². The van der Waals surface area contributed by atoms with Crippen LogP contribution in [0.3, 0.4) is 0 Å². The number of rotatable bonds is 10. The quantitative estimate of drug-likeness (QED) is 0.126. The molecule has 3 rings (SSSR count). The van der Waals surface area contributed by atoms with Crippen molar-refractivity contribution in [1.82, 2.24) is 0 Å². The Balaban J connectivity index is 1.83. The Morgan fingerprint density at radius 2 is 1.74 bits per heavy atom. The minimum atomic E-state index is -0.677. The van der Waals surface area contributed by atoms with E-state index in [-0.39, 0.29) is 23.6 Å². The van der Waals surface area contributed by atoms with E-state index < -0.39 is 10.8 Å². The fourth-order valence-electron chi connectivity index (χ4n) is 3.30. The second-order valence-corrected chi connectivity index (χ2v) is 8.82. The Hall–Kier alpha value is -4.27. The SMILES string of the molecule is COc1cc(NC(=O)/C(C#N)=C/c2cc(Br)c(OCc3ccc([N+](=O)[O-])cc3)c(OC)c2)c(OC)cc1Cl. The number of nitrogens with zero attached hydrogens (tertiary/aromatic N) is 2. The van der Waals surface area contributed by atoms with Crippen LogP contribution in [0.1, 0.15) is 11.1 Å². The van der Waals surface area contributed by atoms with Gasteiger partial charge in [0.1, 0.15) is 29.7 Å². The summed E-state index contributed by atoms with van der Waals surface area (Å²) in [5.41, 5.74) is 1.27. The highest BCUT2D eigenvalue weighted by molar-refractivity contribution is 9.10. The summed E-state index contributed by atoms with van der Waals surface area (Å²) in [7, 11) is 4.31. The van der Waals surface area contributed by atoms with Crippen molar-refractivity contribution < 1.29 is 28.7 Å². The summed E-state index contributed by atoms with van der Waals surface area (Å²) in [5.74, 6) is 0.658. The first-order valence-corrected chi connectivity index (χ1v) is 12.0. The molecule has 0 atom stereocenters. The molecular weight excluding hydrogens is 582 g/mol. The Kier molecular flexibility index (Phi) is 9.54. The lowest BCUT2D eigenvalue weighted by Crippen LogP contribution is -2.14. The third kappa shape index (κ3) is 6.73. The molecule has 10 nitrogen and oxygen atoms in total. The molecule has 38 heavy (non-hydrogen) atoms. The van der Waals surface area contributed by atoms with Crippen molar-refractivity contribution in [2.75, 3.05) is 26.6 Å². The molecule has 196 valence electrons. The van der Waals surface area contributed by atoms with E-state index in [2.05, 4.69) is 21.2 Å². The normalized spacial score (nSPS) is 10.8. The molecule has 1 N–H and O–H groups in total. The Bertz CT molecular complexity index is 1440. The van der Waals surface area contributed by atoms with E-state index in [1.165, 1.54) is 51.7 Å². The number of non-ortho nitro benzene ring substituents is 1. The number of nitro groups is 1. The van der Waals surface area contributed by atoms with Crippen LogP contribution in [0.5, 0.6) is 23.0 Å². The van der Waals surface area contributed by atoms with Crippen molar-refractivity contribution in [1.29, 1.82) is 5.26 Å². The molecule has 1 amide bonds. The van der Waals surface area contributed by atoms with E-state index >= 15 is 0 Å². The second-order valence-electron chi connectivity index (χ2n) is 7.56. The van der Waals surface area contributed by atoms with Crippen molar-refractivity contribution >= 4 is 50.9 Å². The number of hydrogen-bond donors (Lipinski definition) is 1. The van der Waals surface area contributed by atoms with Gasteiger partial charge in [0.2, 0.25) is 0 Å². The third-order valence-electron chi connectivity index (χ3n) is 5.18. The zero-order valence-corrected chi connectivity index (χ0v) is 22.8. The van der Waals surface area contributed by atoms with Crippen molar-refractivity contribution in [3.63, 3.8) is 0 Å². The molecular formula is C26H21BrClN3O7. The van der Waals surface area contributed by atoms with E-state index in [9.17, 15) is 20.2 Å². The number of nitriles is 1. The molecule has 0 saturated carbocycles. The standard InChI is InChI=1S/C26H21BrClN3O7/c1-35-22-12-21(23(36-2)11-20(22)28)30-26(32)17(13-29)8-16-9-19(27)25(24(10-16)37-3)38-14-15-4-6-18(7-5-15)31(33)34/h4-12H,14H2,1-3H3,(H,30,32)/b17-8+. The third-order valence-corrected chi connectivity index (χ3v) is 6.06. The molecule has 3 aromatic carbocycles. The summed E-state index contributed by atoms with van der Waals surface area (Å²) in [5, 5.41) is 23.4. The van der Waals surface area contributed by atoms with Gasteiger partial charge in [-0.25, -0.2) is 0 Å². The molecule has 0 aliphatic carbocycles. The zero-order valence-electron chi connectivity index (χ0n) is 20.4. The summed E-state index contributed by atoms with van der Waals surface area (Å²) in [6.07, 6.45) is 1.39. The van der Waals surface area contributed by atoms with Crippen LogP contribution in [0.15, 0.2) is 58.6 Å². The van der Waals surface area contributed by atoms with Crippen LogP contribution in [0.2, 0.25) is 5.02 Å². The van der Waals surface area contributed by atoms with Crippen molar-refractivity contribution in [3.8, 4) is 29.1 Å². The average molecular weight is 603 g/mol. The summed E-state index contributed by atoms with van der Waals surface area (Å²) in [6.45, 7) is 0.125. The van der Waals surface area contributed by atoms with Crippen LogP contribution in [0.4, 0.5) is 11.4 Å². The minimum absolute atomic E-state index is 0.0189. The number of nitrogens with one attached hydrogen (secondary N) is 1. The van der Waals surface area contributed by atoms with Gasteiger partial charge in [0.15, 0.2) is 11.5 Å². The van der Waals surface area contributed by atoms with E-state index in [4.69, 9.17) is 30.5 Å². The summed E-state index contributed by atoms with van der Waals surface area (Å²) >= 11 is 9.55. The molecule has 0 aliphatic heterocycles. The molecule has 0 unspecified atom stereocenters. The van der Waals surface area contributed by atoms with Gasteiger partial charge in [-0.15, -0.1) is 0 Å². The lowest BCUT2D eigenvalue weighted by atomic mass is 10.1.